The van der Waals surface area contributed by atoms with Gasteiger partial charge in [0.15, 0.2) is 5.78 Å². The van der Waals surface area contributed by atoms with Crippen LogP contribution in [0.2, 0.25) is 0 Å². The highest BCUT2D eigenvalue weighted by Crippen LogP contribution is 2.22. The minimum atomic E-state index is -0.439. The van der Waals surface area contributed by atoms with Crippen molar-refractivity contribution in [2.24, 2.45) is 5.41 Å². The number of aliphatic hydroxyl groups excluding tert-OH is 1. The molecule has 0 bridgehead atoms. The largest absolute Gasteiger partial charge is 0.395 e. The van der Waals surface area contributed by atoms with Gasteiger partial charge in [-0.25, -0.2) is 0 Å². The van der Waals surface area contributed by atoms with E-state index < -0.39 is 5.41 Å². The molecule has 0 aliphatic rings. The maximum atomic E-state index is 12.3. The lowest BCUT2D eigenvalue weighted by atomic mass is 9.84. The molecular formula is C14H21NO2. The lowest BCUT2D eigenvalue weighted by Gasteiger charge is -2.28. The molecule has 0 aromatic heterocycles. The zero-order chi connectivity index (χ0) is 12.9. The van der Waals surface area contributed by atoms with Crippen LogP contribution in [0.4, 0.5) is 0 Å². The van der Waals surface area contributed by atoms with E-state index in [0.29, 0.717) is 13.1 Å². The molecule has 0 aliphatic carbocycles. The summed E-state index contributed by atoms with van der Waals surface area (Å²) < 4.78 is 0. The van der Waals surface area contributed by atoms with Crippen molar-refractivity contribution in [2.45, 2.75) is 13.8 Å². The van der Waals surface area contributed by atoms with Gasteiger partial charge in [-0.05, 0) is 7.05 Å². The molecule has 3 heteroatoms. The van der Waals surface area contributed by atoms with E-state index in [1.54, 1.807) is 0 Å². The van der Waals surface area contributed by atoms with Gasteiger partial charge >= 0.3 is 0 Å². The van der Waals surface area contributed by atoms with Crippen LogP contribution in [-0.2, 0) is 0 Å². The number of likely N-dealkylation sites (N-methyl/N-ethyl adjacent to an activating group) is 1. The summed E-state index contributed by atoms with van der Waals surface area (Å²) in [6.07, 6.45) is 0. The molecule has 0 radical (unpaired) electrons. The standard InChI is InChI=1S/C14H21NO2/c1-14(2,11-15(3)9-10-16)13(17)12-7-5-4-6-8-12/h4-8,16H,9-11H2,1-3H3. The Hall–Kier alpha value is -1.19. The van der Waals surface area contributed by atoms with Crippen molar-refractivity contribution in [3.63, 3.8) is 0 Å². The summed E-state index contributed by atoms with van der Waals surface area (Å²) in [7, 11) is 1.91. The first-order valence-electron chi connectivity index (χ1n) is 5.86. The summed E-state index contributed by atoms with van der Waals surface area (Å²) in [5.41, 5.74) is 0.306. The molecule has 0 fully saturated rings. The molecule has 0 aliphatic heterocycles. The summed E-state index contributed by atoms with van der Waals surface area (Å²) in [4.78, 5) is 14.3. The van der Waals surface area contributed by atoms with Crippen LogP contribution in [-0.4, -0.2) is 42.5 Å². The number of Topliss-reactive ketones (excluding diaryl/α,β-unsaturated/α-hetero) is 1. The van der Waals surface area contributed by atoms with Crippen LogP contribution in [0.1, 0.15) is 24.2 Å². The Balaban J connectivity index is 2.73. The lowest BCUT2D eigenvalue weighted by molar-refractivity contribution is 0.0769. The predicted molar refractivity (Wildman–Crippen MR) is 69.1 cm³/mol. The molecule has 1 aromatic carbocycles. The fourth-order valence-electron chi connectivity index (χ4n) is 1.98. The van der Waals surface area contributed by atoms with Crippen molar-refractivity contribution >= 4 is 5.78 Å². The highest BCUT2D eigenvalue weighted by atomic mass is 16.3. The number of hydrogen-bond donors (Lipinski definition) is 1. The van der Waals surface area contributed by atoms with Crippen molar-refractivity contribution in [3.05, 3.63) is 35.9 Å². The van der Waals surface area contributed by atoms with Crippen molar-refractivity contribution in [1.29, 1.82) is 0 Å². The van der Waals surface area contributed by atoms with Gasteiger partial charge in [0, 0.05) is 24.1 Å². The van der Waals surface area contributed by atoms with E-state index in [0.717, 1.165) is 5.56 Å². The van der Waals surface area contributed by atoms with Crippen LogP contribution in [0, 0.1) is 5.41 Å². The molecule has 1 N–H and O–H groups in total. The van der Waals surface area contributed by atoms with Gasteiger partial charge in [0.05, 0.1) is 6.61 Å². The summed E-state index contributed by atoms with van der Waals surface area (Å²) in [6.45, 7) is 5.23. The minimum Gasteiger partial charge on any atom is -0.395 e. The van der Waals surface area contributed by atoms with Gasteiger partial charge in [0.1, 0.15) is 0 Å². The van der Waals surface area contributed by atoms with Crippen molar-refractivity contribution < 1.29 is 9.90 Å². The van der Waals surface area contributed by atoms with E-state index in [4.69, 9.17) is 5.11 Å². The monoisotopic (exact) mass is 235 g/mol. The Morgan fingerprint density at radius 2 is 1.88 bits per heavy atom. The molecule has 1 aromatic rings. The first-order chi connectivity index (χ1) is 7.97. The quantitative estimate of drug-likeness (QED) is 0.765. The summed E-state index contributed by atoms with van der Waals surface area (Å²) in [6, 6.07) is 9.34. The van der Waals surface area contributed by atoms with E-state index in [-0.39, 0.29) is 12.4 Å². The van der Waals surface area contributed by atoms with E-state index in [1.807, 2.05) is 56.1 Å². The third kappa shape index (κ3) is 3.95. The fraction of sp³-hybridized carbons (Fsp3) is 0.500. The van der Waals surface area contributed by atoms with E-state index >= 15 is 0 Å². The molecule has 0 spiro atoms. The first-order valence-corrected chi connectivity index (χ1v) is 5.86. The van der Waals surface area contributed by atoms with Gasteiger partial charge < -0.3 is 10.0 Å². The Labute approximate surface area is 103 Å². The van der Waals surface area contributed by atoms with Crippen LogP contribution < -0.4 is 0 Å². The number of hydrogen-bond acceptors (Lipinski definition) is 3. The maximum Gasteiger partial charge on any atom is 0.169 e. The second kappa shape index (κ2) is 5.94. The molecule has 0 amide bonds. The van der Waals surface area contributed by atoms with Gasteiger partial charge in [-0.2, -0.15) is 0 Å². The van der Waals surface area contributed by atoms with Crippen molar-refractivity contribution in [1.82, 2.24) is 4.90 Å². The lowest BCUT2D eigenvalue weighted by Crippen LogP contribution is -2.38. The van der Waals surface area contributed by atoms with Crippen LogP contribution in [0.25, 0.3) is 0 Å². The number of nitrogens with zero attached hydrogens (tertiary/aromatic N) is 1. The number of carbonyl (C=O) groups excluding carboxylic acids is 1. The topological polar surface area (TPSA) is 40.5 Å². The number of rotatable bonds is 6. The minimum absolute atomic E-state index is 0.117. The molecule has 94 valence electrons. The molecule has 17 heavy (non-hydrogen) atoms. The number of carbonyl (C=O) groups is 1. The van der Waals surface area contributed by atoms with Gasteiger partial charge in [-0.1, -0.05) is 44.2 Å². The van der Waals surface area contributed by atoms with Crippen molar-refractivity contribution in [3.8, 4) is 0 Å². The third-order valence-electron chi connectivity index (χ3n) is 2.80. The third-order valence-corrected chi connectivity index (χ3v) is 2.80. The highest BCUT2D eigenvalue weighted by molar-refractivity contribution is 6.00. The Kier molecular flexibility index (Phi) is 4.85. The maximum absolute atomic E-state index is 12.3. The molecule has 0 heterocycles. The van der Waals surface area contributed by atoms with E-state index in [1.165, 1.54) is 0 Å². The van der Waals surface area contributed by atoms with Crippen molar-refractivity contribution in [2.75, 3.05) is 26.7 Å². The molecule has 0 saturated heterocycles. The zero-order valence-electron chi connectivity index (χ0n) is 10.8. The van der Waals surface area contributed by atoms with E-state index in [9.17, 15) is 4.79 Å². The molecule has 1 rings (SSSR count). The summed E-state index contributed by atoms with van der Waals surface area (Å²) in [5.74, 6) is 0.142. The van der Waals surface area contributed by atoms with Crippen LogP contribution >= 0.6 is 0 Å². The van der Waals surface area contributed by atoms with Gasteiger partial charge in [-0.15, -0.1) is 0 Å². The first kappa shape index (κ1) is 13.9. The number of ketones is 1. The molecular weight excluding hydrogens is 214 g/mol. The smallest absolute Gasteiger partial charge is 0.169 e. The number of benzene rings is 1. The normalized spacial score (nSPS) is 11.8. The molecule has 3 nitrogen and oxygen atoms in total. The molecule has 0 unspecified atom stereocenters. The molecule has 0 saturated carbocycles. The predicted octanol–water partition coefficient (Wildman–Crippen LogP) is 1.82. The fourth-order valence-corrected chi connectivity index (χ4v) is 1.98. The van der Waals surface area contributed by atoms with Gasteiger partial charge in [-0.3, -0.25) is 4.79 Å². The summed E-state index contributed by atoms with van der Waals surface area (Å²) in [5, 5.41) is 8.86. The summed E-state index contributed by atoms with van der Waals surface area (Å²) >= 11 is 0. The number of aliphatic hydroxyl groups is 1. The second-order valence-electron chi connectivity index (χ2n) is 5.04. The average molecular weight is 235 g/mol. The van der Waals surface area contributed by atoms with E-state index in [2.05, 4.69) is 0 Å². The Morgan fingerprint density at radius 3 is 2.41 bits per heavy atom. The van der Waals surface area contributed by atoms with Crippen LogP contribution in [0.3, 0.4) is 0 Å². The zero-order valence-corrected chi connectivity index (χ0v) is 10.8. The Bertz CT molecular complexity index is 360. The van der Waals surface area contributed by atoms with Gasteiger partial charge in [0.25, 0.3) is 0 Å². The van der Waals surface area contributed by atoms with Gasteiger partial charge in [0.2, 0.25) is 0 Å². The highest BCUT2D eigenvalue weighted by Gasteiger charge is 2.29. The van der Waals surface area contributed by atoms with Crippen LogP contribution in [0.15, 0.2) is 30.3 Å². The average Bonchev–Trinajstić information content (AvgIpc) is 2.28. The SMILES string of the molecule is CN(CCO)CC(C)(C)C(=O)c1ccccc1. The Morgan fingerprint density at radius 1 is 1.29 bits per heavy atom. The molecule has 0 atom stereocenters. The second-order valence-corrected chi connectivity index (χ2v) is 5.04. The van der Waals surface area contributed by atoms with Crippen LogP contribution in [0.5, 0.6) is 0 Å².